The number of aryl methyl sites for hydroxylation is 1. The number of hydrogen-bond donors (Lipinski definition) is 2. The van der Waals surface area contributed by atoms with Crippen LogP contribution in [0.1, 0.15) is 36.5 Å². The van der Waals surface area contributed by atoms with E-state index in [-0.39, 0.29) is 18.8 Å². The molecule has 0 aliphatic carbocycles. The zero-order valence-electron chi connectivity index (χ0n) is 16.9. The third-order valence-electron chi connectivity index (χ3n) is 5.47. The van der Waals surface area contributed by atoms with Gasteiger partial charge < -0.3 is 10.0 Å². The number of phenolic OH excluding ortho intramolecular Hbond substituents is 1. The fourth-order valence-corrected chi connectivity index (χ4v) is 5.34. The molecule has 2 N–H and O–H groups in total. The van der Waals surface area contributed by atoms with Crippen molar-refractivity contribution in [3.8, 4) is 5.75 Å². The van der Waals surface area contributed by atoms with Crippen LogP contribution >= 0.6 is 0 Å². The van der Waals surface area contributed by atoms with Crippen molar-refractivity contribution >= 4 is 10.0 Å². The Balaban J connectivity index is 1.71. The lowest BCUT2D eigenvalue weighted by molar-refractivity contribution is -0.917. The topological polar surface area (TPSA) is 62.1 Å². The van der Waals surface area contributed by atoms with Crippen molar-refractivity contribution in [3.63, 3.8) is 0 Å². The molecule has 0 aromatic heterocycles. The minimum absolute atomic E-state index is 0.206. The highest BCUT2D eigenvalue weighted by atomic mass is 32.2. The van der Waals surface area contributed by atoms with E-state index in [4.69, 9.17) is 0 Å². The Morgan fingerprint density at radius 3 is 2.41 bits per heavy atom. The largest absolute Gasteiger partial charge is 0.507 e. The maximum Gasteiger partial charge on any atom is 0.246 e. The smallest absolute Gasteiger partial charge is 0.246 e. The molecule has 0 unspecified atom stereocenters. The fraction of sp³-hybridized carbons (Fsp3) is 0.429. The average Bonchev–Trinajstić information content (AvgIpc) is 2.66. The number of hydrogen-bond acceptors (Lipinski definition) is 3. The van der Waals surface area contributed by atoms with Crippen molar-refractivity contribution in [1.82, 2.24) is 4.31 Å². The van der Waals surface area contributed by atoms with Crippen LogP contribution in [-0.4, -0.2) is 44.0 Å². The van der Waals surface area contributed by atoms with Crippen LogP contribution in [0.3, 0.4) is 0 Å². The molecule has 0 spiro atoms. The number of piperazine rings is 1. The second kappa shape index (κ2) is 8.38. The molecular weight excluding hydrogens is 398 g/mol. The summed E-state index contributed by atoms with van der Waals surface area (Å²) in [6.07, 6.45) is 0. The van der Waals surface area contributed by atoms with Crippen molar-refractivity contribution in [2.24, 2.45) is 0 Å². The molecular formula is C21H27F2N2O3S+. The summed E-state index contributed by atoms with van der Waals surface area (Å²) < 4.78 is 54.0. The summed E-state index contributed by atoms with van der Waals surface area (Å²) in [5.41, 5.74) is 3.06. The third-order valence-corrected chi connectivity index (χ3v) is 7.38. The van der Waals surface area contributed by atoms with Gasteiger partial charge in [0.15, 0.2) is 0 Å². The SMILES string of the molecule is Cc1cc(O)c(C[NH+]2CCN(S(=O)(=O)c3cc(F)ccc3F)CC2)cc1C(C)C. The molecule has 1 aliphatic rings. The number of quaternary nitrogens is 1. The first-order valence-electron chi connectivity index (χ1n) is 9.70. The highest BCUT2D eigenvalue weighted by Crippen LogP contribution is 2.27. The van der Waals surface area contributed by atoms with E-state index in [0.717, 1.165) is 34.2 Å². The summed E-state index contributed by atoms with van der Waals surface area (Å²) in [7, 11) is -4.09. The van der Waals surface area contributed by atoms with E-state index in [9.17, 15) is 22.3 Å². The molecule has 1 heterocycles. The first-order chi connectivity index (χ1) is 13.6. The van der Waals surface area contributed by atoms with Gasteiger partial charge in [0, 0.05) is 5.56 Å². The van der Waals surface area contributed by atoms with Crippen molar-refractivity contribution in [2.75, 3.05) is 26.2 Å². The van der Waals surface area contributed by atoms with Gasteiger partial charge in [-0.1, -0.05) is 13.8 Å². The maximum absolute atomic E-state index is 14.0. The number of nitrogens with zero attached hydrogens (tertiary/aromatic N) is 1. The van der Waals surface area contributed by atoms with E-state index in [1.165, 1.54) is 9.87 Å². The minimum Gasteiger partial charge on any atom is -0.507 e. The Hall–Kier alpha value is -2.03. The second-order valence-electron chi connectivity index (χ2n) is 7.90. The molecule has 0 bridgehead atoms. The van der Waals surface area contributed by atoms with E-state index >= 15 is 0 Å². The van der Waals surface area contributed by atoms with Gasteiger partial charge in [0.2, 0.25) is 10.0 Å². The van der Waals surface area contributed by atoms with Gasteiger partial charge >= 0.3 is 0 Å². The zero-order chi connectivity index (χ0) is 21.3. The quantitative estimate of drug-likeness (QED) is 0.772. The summed E-state index contributed by atoms with van der Waals surface area (Å²) >= 11 is 0. The number of halogens is 2. The van der Waals surface area contributed by atoms with Gasteiger partial charge in [-0.15, -0.1) is 0 Å². The Kier molecular flexibility index (Phi) is 6.26. The highest BCUT2D eigenvalue weighted by Gasteiger charge is 2.33. The van der Waals surface area contributed by atoms with Gasteiger partial charge in [0.25, 0.3) is 0 Å². The van der Waals surface area contributed by atoms with Gasteiger partial charge in [-0.3, -0.25) is 0 Å². The lowest BCUT2D eigenvalue weighted by Gasteiger charge is -2.32. The van der Waals surface area contributed by atoms with Gasteiger partial charge in [-0.05, 0) is 54.3 Å². The summed E-state index contributed by atoms with van der Waals surface area (Å²) in [6.45, 7) is 8.20. The molecule has 8 heteroatoms. The molecule has 1 saturated heterocycles. The van der Waals surface area contributed by atoms with Gasteiger partial charge in [-0.2, -0.15) is 4.31 Å². The van der Waals surface area contributed by atoms with E-state index in [1.807, 2.05) is 13.0 Å². The molecule has 0 atom stereocenters. The fourth-order valence-electron chi connectivity index (χ4n) is 3.82. The molecule has 29 heavy (non-hydrogen) atoms. The molecule has 0 amide bonds. The van der Waals surface area contributed by atoms with Crippen molar-refractivity contribution in [2.45, 2.75) is 38.1 Å². The van der Waals surface area contributed by atoms with Crippen molar-refractivity contribution in [1.29, 1.82) is 0 Å². The molecule has 2 aromatic rings. The Labute approximate surface area is 170 Å². The molecule has 1 fully saturated rings. The molecule has 5 nitrogen and oxygen atoms in total. The number of aromatic hydroxyl groups is 1. The zero-order valence-corrected chi connectivity index (χ0v) is 17.7. The van der Waals surface area contributed by atoms with E-state index in [2.05, 4.69) is 13.8 Å². The molecule has 1 aliphatic heterocycles. The second-order valence-corrected chi connectivity index (χ2v) is 9.80. The minimum atomic E-state index is -4.09. The summed E-state index contributed by atoms with van der Waals surface area (Å²) in [5.74, 6) is -1.15. The van der Waals surface area contributed by atoms with E-state index < -0.39 is 26.6 Å². The summed E-state index contributed by atoms with van der Waals surface area (Å²) in [6, 6.07) is 6.25. The monoisotopic (exact) mass is 425 g/mol. The first kappa shape index (κ1) is 21.7. The summed E-state index contributed by atoms with van der Waals surface area (Å²) in [5, 5.41) is 10.3. The standard InChI is InChI=1S/C21H26F2N2O3S/c1-14(2)18-11-16(20(26)10-15(18)3)13-24-6-8-25(9-7-24)29(27,28)21-12-17(22)4-5-19(21)23/h4-5,10-12,14,26H,6-9,13H2,1-3H3/p+1. The molecule has 0 saturated carbocycles. The van der Waals surface area contributed by atoms with Crippen molar-refractivity contribution in [3.05, 3.63) is 58.7 Å². The number of sulfonamides is 1. The van der Waals surface area contributed by atoms with Crippen LogP contribution in [0.15, 0.2) is 35.2 Å². The number of phenols is 1. The molecule has 2 aromatic carbocycles. The number of rotatable bonds is 5. The molecule has 158 valence electrons. The van der Waals surface area contributed by atoms with Crippen molar-refractivity contribution < 1.29 is 27.2 Å². The van der Waals surface area contributed by atoms with Gasteiger partial charge in [0.1, 0.15) is 28.8 Å². The Morgan fingerprint density at radius 1 is 1.14 bits per heavy atom. The number of benzene rings is 2. The third kappa shape index (κ3) is 4.60. The first-order valence-corrected chi connectivity index (χ1v) is 11.1. The van der Waals surface area contributed by atoms with Crippen LogP contribution in [0.4, 0.5) is 8.78 Å². The normalized spacial score (nSPS) is 16.5. The van der Waals surface area contributed by atoms with E-state index in [0.29, 0.717) is 25.6 Å². The van der Waals surface area contributed by atoms with Gasteiger partial charge in [-0.25, -0.2) is 17.2 Å². The summed E-state index contributed by atoms with van der Waals surface area (Å²) in [4.78, 5) is 0.503. The van der Waals surface area contributed by atoms with Crippen LogP contribution in [0.5, 0.6) is 5.75 Å². The Morgan fingerprint density at radius 2 is 1.79 bits per heavy atom. The molecule has 0 radical (unpaired) electrons. The molecule has 3 rings (SSSR count). The van der Waals surface area contributed by atoms with Crippen LogP contribution < -0.4 is 4.90 Å². The number of nitrogens with one attached hydrogen (secondary N) is 1. The highest BCUT2D eigenvalue weighted by molar-refractivity contribution is 7.89. The lowest BCUT2D eigenvalue weighted by atomic mass is 9.95. The lowest BCUT2D eigenvalue weighted by Crippen LogP contribution is -3.13. The predicted octanol–water partition coefficient (Wildman–Crippen LogP) is 2.19. The van der Waals surface area contributed by atoms with E-state index in [1.54, 1.807) is 6.07 Å². The average molecular weight is 426 g/mol. The van der Waals surface area contributed by atoms with Crippen LogP contribution in [-0.2, 0) is 16.6 Å². The van der Waals surface area contributed by atoms with Crippen LogP contribution in [0.2, 0.25) is 0 Å². The predicted molar refractivity (Wildman–Crippen MR) is 106 cm³/mol. The maximum atomic E-state index is 14.0. The van der Waals surface area contributed by atoms with Crippen LogP contribution in [0, 0.1) is 18.6 Å². The van der Waals surface area contributed by atoms with Crippen LogP contribution in [0.25, 0.3) is 0 Å². The Bertz CT molecular complexity index is 1000. The van der Waals surface area contributed by atoms with Gasteiger partial charge in [0.05, 0.1) is 26.2 Å².